The Morgan fingerprint density at radius 3 is 2.89 bits per heavy atom. The first-order valence-corrected chi connectivity index (χ1v) is 5.68. The van der Waals surface area contributed by atoms with Gasteiger partial charge in [-0.15, -0.1) is 0 Å². The van der Waals surface area contributed by atoms with Crippen molar-refractivity contribution in [2.45, 2.75) is 6.04 Å². The SMILES string of the molecule is NNC(c1ccc2cccnc2c1)c1ncc[nH]1. The Balaban J connectivity index is 2.07. The largest absolute Gasteiger partial charge is 0.347 e. The second-order valence-electron chi connectivity index (χ2n) is 4.03. The quantitative estimate of drug-likeness (QED) is 0.478. The van der Waals surface area contributed by atoms with Gasteiger partial charge in [0.15, 0.2) is 0 Å². The molecule has 0 bridgehead atoms. The van der Waals surface area contributed by atoms with Crippen molar-refractivity contribution in [2.75, 3.05) is 0 Å². The molecule has 90 valence electrons. The molecular weight excluding hydrogens is 226 g/mol. The van der Waals surface area contributed by atoms with Gasteiger partial charge >= 0.3 is 0 Å². The molecule has 4 N–H and O–H groups in total. The molecule has 0 spiro atoms. The number of benzene rings is 1. The molecule has 0 amide bonds. The Morgan fingerprint density at radius 2 is 2.11 bits per heavy atom. The lowest BCUT2D eigenvalue weighted by molar-refractivity contribution is 0.608. The van der Waals surface area contributed by atoms with Crippen molar-refractivity contribution in [3.63, 3.8) is 0 Å². The number of imidazole rings is 1. The minimum atomic E-state index is -0.161. The van der Waals surface area contributed by atoms with Crippen molar-refractivity contribution in [3.8, 4) is 0 Å². The van der Waals surface area contributed by atoms with Crippen LogP contribution in [0.4, 0.5) is 0 Å². The van der Waals surface area contributed by atoms with Crippen LogP contribution in [0.25, 0.3) is 10.9 Å². The predicted octanol–water partition coefficient (Wildman–Crippen LogP) is 1.51. The second-order valence-corrected chi connectivity index (χ2v) is 4.03. The van der Waals surface area contributed by atoms with Crippen molar-refractivity contribution < 1.29 is 0 Å². The van der Waals surface area contributed by atoms with E-state index in [1.165, 1.54) is 0 Å². The van der Waals surface area contributed by atoms with Crippen LogP contribution in [-0.4, -0.2) is 15.0 Å². The van der Waals surface area contributed by atoms with E-state index in [4.69, 9.17) is 5.84 Å². The summed E-state index contributed by atoms with van der Waals surface area (Å²) in [6.45, 7) is 0. The molecule has 1 atom stereocenters. The van der Waals surface area contributed by atoms with E-state index in [1.54, 1.807) is 18.6 Å². The Hall–Kier alpha value is -2.24. The highest BCUT2D eigenvalue weighted by Crippen LogP contribution is 2.21. The lowest BCUT2D eigenvalue weighted by Crippen LogP contribution is -2.29. The number of pyridine rings is 1. The van der Waals surface area contributed by atoms with E-state index in [1.807, 2.05) is 30.3 Å². The predicted molar refractivity (Wildman–Crippen MR) is 69.5 cm³/mol. The van der Waals surface area contributed by atoms with Gasteiger partial charge in [0.1, 0.15) is 11.9 Å². The molecule has 5 nitrogen and oxygen atoms in total. The number of fused-ring (bicyclic) bond motifs is 1. The summed E-state index contributed by atoms with van der Waals surface area (Å²) in [5.41, 5.74) is 4.74. The molecule has 0 saturated heterocycles. The minimum absolute atomic E-state index is 0.161. The second kappa shape index (κ2) is 4.56. The topological polar surface area (TPSA) is 79.6 Å². The maximum atomic E-state index is 5.61. The molecule has 1 unspecified atom stereocenters. The third kappa shape index (κ3) is 1.85. The summed E-state index contributed by atoms with van der Waals surface area (Å²) in [4.78, 5) is 11.6. The van der Waals surface area contributed by atoms with Crippen LogP contribution < -0.4 is 11.3 Å². The van der Waals surface area contributed by atoms with E-state index in [2.05, 4.69) is 20.4 Å². The molecule has 0 saturated carbocycles. The minimum Gasteiger partial charge on any atom is -0.347 e. The summed E-state index contributed by atoms with van der Waals surface area (Å²) in [6.07, 6.45) is 5.27. The number of rotatable bonds is 3. The molecule has 2 aromatic heterocycles. The van der Waals surface area contributed by atoms with Gasteiger partial charge in [0, 0.05) is 24.0 Å². The van der Waals surface area contributed by atoms with E-state index in [0.717, 1.165) is 22.3 Å². The highest BCUT2D eigenvalue weighted by molar-refractivity contribution is 5.79. The van der Waals surface area contributed by atoms with Crippen LogP contribution in [0.3, 0.4) is 0 Å². The summed E-state index contributed by atoms with van der Waals surface area (Å²) in [5.74, 6) is 6.39. The summed E-state index contributed by atoms with van der Waals surface area (Å²) in [5, 5.41) is 1.11. The van der Waals surface area contributed by atoms with Crippen LogP contribution in [0.2, 0.25) is 0 Å². The van der Waals surface area contributed by atoms with Crippen molar-refractivity contribution in [3.05, 3.63) is 60.3 Å². The van der Waals surface area contributed by atoms with Gasteiger partial charge < -0.3 is 4.98 Å². The zero-order valence-corrected chi connectivity index (χ0v) is 9.67. The average molecular weight is 239 g/mol. The smallest absolute Gasteiger partial charge is 0.129 e. The van der Waals surface area contributed by atoms with Crippen LogP contribution in [0.5, 0.6) is 0 Å². The highest BCUT2D eigenvalue weighted by atomic mass is 15.2. The number of nitrogens with zero attached hydrogens (tertiary/aromatic N) is 2. The van der Waals surface area contributed by atoms with Crippen molar-refractivity contribution in [1.29, 1.82) is 0 Å². The number of hydrazine groups is 1. The summed E-state index contributed by atoms with van der Waals surface area (Å²) in [6, 6.07) is 9.87. The zero-order valence-electron chi connectivity index (χ0n) is 9.67. The molecule has 0 fully saturated rings. The first kappa shape index (κ1) is 10.9. The van der Waals surface area contributed by atoms with Gasteiger partial charge in [-0.2, -0.15) is 0 Å². The Bertz CT molecular complexity index is 647. The molecule has 5 heteroatoms. The monoisotopic (exact) mass is 239 g/mol. The fraction of sp³-hybridized carbons (Fsp3) is 0.0769. The van der Waals surface area contributed by atoms with Crippen molar-refractivity contribution >= 4 is 10.9 Å². The number of hydrogen-bond donors (Lipinski definition) is 3. The van der Waals surface area contributed by atoms with Gasteiger partial charge in [-0.1, -0.05) is 18.2 Å². The molecule has 2 heterocycles. The molecule has 1 aromatic carbocycles. The van der Waals surface area contributed by atoms with E-state index in [9.17, 15) is 0 Å². The molecule has 0 radical (unpaired) electrons. The molecule has 0 aliphatic heterocycles. The molecule has 0 aliphatic rings. The number of H-pyrrole nitrogens is 1. The maximum absolute atomic E-state index is 5.61. The third-order valence-corrected chi connectivity index (χ3v) is 2.92. The van der Waals surface area contributed by atoms with E-state index in [-0.39, 0.29) is 6.04 Å². The summed E-state index contributed by atoms with van der Waals surface area (Å²) >= 11 is 0. The first-order chi connectivity index (χ1) is 8.88. The fourth-order valence-electron chi connectivity index (χ4n) is 2.03. The summed E-state index contributed by atoms with van der Waals surface area (Å²) < 4.78 is 0. The van der Waals surface area contributed by atoms with E-state index < -0.39 is 0 Å². The maximum Gasteiger partial charge on any atom is 0.129 e. The fourth-order valence-corrected chi connectivity index (χ4v) is 2.03. The standard InChI is InChI=1S/C13H13N5/c14-18-12(13-16-6-7-17-13)10-4-3-9-2-1-5-15-11(9)8-10/h1-8,12,18H,14H2,(H,16,17). The van der Waals surface area contributed by atoms with Gasteiger partial charge in [-0.05, 0) is 17.7 Å². The lowest BCUT2D eigenvalue weighted by Gasteiger charge is -2.14. The van der Waals surface area contributed by atoms with Crippen LogP contribution in [0.15, 0.2) is 48.9 Å². The number of aromatic amines is 1. The van der Waals surface area contributed by atoms with E-state index in [0.29, 0.717) is 0 Å². The zero-order chi connectivity index (χ0) is 12.4. The van der Waals surface area contributed by atoms with Crippen molar-refractivity contribution in [2.24, 2.45) is 5.84 Å². The number of nitrogens with two attached hydrogens (primary N) is 1. The Labute approximate surface area is 104 Å². The van der Waals surface area contributed by atoms with Gasteiger partial charge in [0.05, 0.1) is 5.52 Å². The van der Waals surface area contributed by atoms with Crippen molar-refractivity contribution in [1.82, 2.24) is 20.4 Å². The number of aromatic nitrogens is 3. The molecule has 3 aromatic rings. The number of nitrogens with one attached hydrogen (secondary N) is 2. The van der Waals surface area contributed by atoms with Gasteiger partial charge in [-0.3, -0.25) is 10.8 Å². The van der Waals surface area contributed by atoms with Gasteiger partial charge in [0.2, 0.25) is 0 Å². The first-order valence-electron chi connectivity index (χ1n) is 5.68. The third-order valence-electron chi connectivity index (χ3n) is 2.92. The van der Waals surface area contributed by atoms with Gasteiger partial charge in [-0.25, -0.2) is 10.4 Å². The highest BCUT2D eigenvalue weighted by Gasteiger charge is 2.14. The number of hydrogen-bond acceptors (Lipinski definition) is 4. The lowest BCUT2D eigenvalue weighted by atomic mass is 10.0. The van der Waals surface area contributed by atoms with Gasteiger partial charge in [0.25, 0.3) is 0 Å². The van der Waals surface area contributed by atoms with Crippen LogP contribution in [-0.2, 0) is 0 Å². The molecule has 18 heavy (non-hydrogen) atoms. The molecular formula is C13H13N5. The normalized spacial score (nSPS) is 12.7. The Morgan fingerprint density at radius 1 is 1.17 bits per heavy atom. The average Bonchev–Trinajstić information content (AvgIpc) is 2.93. The Kier molecular flexibility index (Phi) is 2.76. The van der Waals surface area contributed by atoms with Crippen LogP contribution in [0.1, 0.15) is 17.4 Å². The van der Waals surface area contributed by atoms with Crippen LogP contribution in [0, 0.1) is 0 Å². The van der Waals surface area contributed by atoms with E-state index >= 15 is 0 Å². The summed E-state index contributed by atoms with van der Waals surface area (Å²) in [7, 11) is 0. The molecule has 3 rings (SSSR count). The molecule has 0 aliphatic carbocycles. The van der Waals surface area contributed by atoms with Crippen LogP contribution >= 0.6 is 0 Å².